The minimum atomic E-state index is 0.134. The monoisotopic (exact) mass is 193 g/mol. The molecule has 0 spiro atoms. The van der Waals surface area contributed by atoms with Crippen molar-refractivity contribution in [3.63, 3.8) is 0 Å². The topological polar surface area (TPSA) is 0 Å². The molecule has 73 valence electrons. The predicted molar refractivity (Wildman–Crippen MR) is 64.1 cm³/mol. The van der Waals surface area contributed by atoms with Crippen molar-refractivity contribution < 1.29 is 0 Å². The highest BCUT2D eigenvalue weighted by Gasteiger charge is 2.05. The molecule has 2 aromatic carbocycles. The molecule has 0 amide bonds. The number of hydrogen-bond donors (Lipinski definition) is 0. The van der Waals surface area contributed by atoms with Gasteiger partial charge >= 0.3 is 0 Å². The van der Waals surface area contributed by atoms with Gasteiger partial charge in [0.25, 0.3) is 0 Å². The summed E-state index contributed by atoms with van der Waals surface area (Å²) in [5.41, 5.74) is 1.19. The Morgan fingerprint density at radius 3 is 2.53 bits per heavy atom. The van der Waals surface area contributed by atoms with E-state index in [9.17, 15) is 0 Å². The van der Waals surface area contributed by atoms with Gasteiger partial charge in [0.15, 0.2) is 0 Å². The third-order valence-electron chi connectivity index (χ3n) is 2.76. The van der Waals surface area contributed by atoms with Crippen LogP contribution in [0.2, 0.25) is 0 Å². The van der Waals surface area contributed by atoms with E-state index in [4.69, 9.17) is 6.42 Å². The molecule has 0 heteroatoms. The Hall–Kier alpha value is -1.74. The van der Waals surface area contributed by atoms with Crippen molar-refractivity contribution in [2.24, 2.45) is 0 Å². The van der Waals surface area contributed by atoms with Crippen molar-refractivity contribution in [1.82, 2.24) is 0 Å². The molecule has 0 heterocycles. The summed E-state index contributed by atoms with van der Waals surface area (Å²) in [7, 11) is 0. The minimum absolute atomic E-state index is 0.134. The Morgan fingerprint density at radius 1 is 1.13 bits per heavy atom. The van der Waals surface area contributed by atoms with E-state index in [0.29, 0.717) is 0 Å². The summed E-state index contributed by atoms with van der Waals surface area (Å²) >= 11 is 0. The number of fused-ring (bicyclic) bond motifs is 1. The molecule has 0 aliphatic carbocycles. The van der Waals surface area contributed by atoms with Gasteiger partial charge < -0.3 is 0 Å². The van der Waals surface area contributed by atoms with E-state index in [0.717, 1.165) is 6.42 Å². The Bertz CT molecular complexity index is 503. The fourth-order valence-electron chi connectivity index (χ4n) is 1.85. The van der Waals surface area contributed by atoms with Gasteiger partial charge in [-0.15, -0.1) is 0 Å². The Labute approximate surface area is 90.9 Å². The summed E-state index contributed by atoms with van der Waals surface area (Å²) in [6.45, 7) is 2.08. The van der Waals surface area contributed by atoms with E-state index in [2.05, 4.69) is 43.2 Å². The van der Waals surface area contributed by atoms with Crippen LogP contribution in [0.25, 0.3) is 10.8 Å². The summed E-state index contributed by atoms with van der Waals surface area (Å²) in [5.74, 6) is 2.72. The molecule has 0 saturated carbocycles. The molecule has 0 N–H and O–H groups in total. The zero-order chi connectivity index (χ0) is 10.7. The first-order chi connectivity index (χ1) is 7.35. The summed E-state index contributed by atoms with van der Waals surface area (Å²) in [6.07, 6.45) is 8.19. The molecule has 0 saturated heterocycles. The van der Waals surface area contributed by atoms with Crippen molar-refractivity contribution in [2.45, 2.75) is 19.3 Å². The molecule has 0 nitrogen and oxygen atoms in total. The lowest BCUT2D eigenvalue weighted by Gasteiger charge is -2.08. The summed E-state index contributed by atoms with van der Waals surface area (Å²) in [6, 6.07) is 14.7. The SMILES string of the molecule is [C]#CC(CC)c1ccc2ccccc2c1. The Balaban J connectivity index is 2.52. The largest absolute Gasteiger partial charge is 0.0809 e. The molecule has 0 aliphatic heterocycles. The van der Waals surface area contributed by atoms with E-state index in [1.165, 1.54) is 16.3 Å². The van der Waals surface area contributed by atoms with Gasteiger partial charge in [0, 0.05) is 5.92 Å². The highest BCUT2D eigenvalue weighted by molar-refractivity contribution is 5.83. The van der Waals surface area contributed by atoms with Crippen LogP contribution >= 0.6 is 0 Å². The normalized spacial score (nSPS) is 12.3. The summed E-state index contributed by atoms with van der Waals surface area (Å²) in [5, 5.41) is 2.49. The van der Waals surface area contributed by atoms with Crippen LogP contribution in [-0.2, 0) is 0 Å². The van der Waals surface area contributed by atoms with Gasteiger partial charge in [-0.3, -0.25) is 0 Å². The molecule has 0 aliphatic rings. The fraction of sp³-hybridized carbons (Fsp3) is 0.200. The van der Waals surface area contributed by atoms with Crippen LogP contribution in [-0.4, -0.2) is 0 Å². The maximum atomic E-state index is 7.26. The van der Waals surface area contributed by atoms with Gasteiger partial charge in [-0.05, 0) is 35.2 Å². The van der Waals surface area contributed by atoms with Crippen LogP contribution in [0.5, 0.6) is 0 Å². The molecule has 1 unspecified atom stereocenters. The molecule has 1 radical (unpaired) electrons. The van der Waals surface area contributed by atoms with Gasteiger partial charge in [-0.25, -0.2) is 0 Å². The molecule has 1 atom stereocenters. The van der Waals surface area contributed by atoms with Crippen LogP contribution in [0.3, 0.4) is 0 Å². The second kappa shape index (κ2) is 4.19. The van der Waals surface area contributed by atoms with Gasteiger partial charge in [-0.2, -0.15) is 0 Å². The van der Waals surface area contributed by atoms with Crippen LogP contribution in [0, 0.1) is 12.3 Å². The number of hydrogen-bond acceptors (Lipinski definition) is 0. The number of rotatable bonds is 2. The molecule has 2 aromatic rings. The minimum Gasteiger partial charge on any atom is -0.0809 e. The first kappa shape index (κ1) is 9.80. The maximum absolute atomic E-state index is 7.26. The van der Waals surface area contributed by atoms with Gasteiger partial charge in [0.2, 0.25) is 0 Å². The van der Waals surface area contributed by atoms with Crippen LogP contribution in [0.1, 0.15) is 24.8 Å². The average molecular weight is 193 g/mol. The van der Waals surface area contributed by atoms with Crippen molar-refractivity contribution in [1.29, 1.82) is 0 Å². The second-order valence-corrected chi connectivity index (χ2v) is 3.71. The van der Waals surface area contributed by atoms with E-state index >= 15 is 0 Å². The third-order valence-corrected chi connectivity index (χ3v) is 2.76. The first-order valence-electron chi connectivity index (χ1n) is 5.26. The van der Waals surface area contributed by atoms with Crippen molar-refractivity contribution in [3.05, 3.63) is 54.5 Å². The van der Waals surface area contributed by atoms with Crippen LogP contribution in [0.4, 0.5) is 0 Å². The standard InChI is InChI=1S/C15H13/c1-3-12(4-2)15-10-9-13-7-5-6-8-14(13)11-15/h5-12H,3H2,1H3. The molecular weight excluding hydrogens is 180 g/mol. The summed E-state index contributed by atoms with van der Waals surface area (Å²) < 4.78 is 0. The lowest BCUT2D eigenvalue weighted by molar-refractivity contribution is 0.831. The van der Waals surface area contributed by atoms with Crippen molar-refractivity contribution >= 4 is 10.8 Å². The molecule has 15 heavy (non-hydrogen) atoms. The zero-order valence-electron chi connectivity index (χ0n) is 8.83. The average Bonchev–Trinajstić information content (AvgIpc) is 2.30. The first-order valence-corrected chi connectivity index (χ1v) is 5.26. The molecule has 0 bridgehead atoms. The summed E-state index contributed by atoms with van der Waals surface area (Å²) in [4.78, 5) is 0. The van der Waals surface area contributed by atoms with Gasteiger partial charge in [0.05, 0.1) is 0 Å². The maximum Gasteiger partial charge on any atom is 0.0460 e. The molecule has 0 fully saturated rings. The highest BCUT2D eigenvalue weighted by atomic mass is 14.1. The smallest absolute Gasteiger partial charge is 0.0460 e. The van der Waals surface area contributed by atoms with E-state index in [-0.39, 0.29) is 5.92 Å². The van der Waals surface area contributed by atoms with Gasteiger partial charge in [0.1, 0.15) is 0 Å². The lowest BCUT2D eigenvalue weighted by Crippen LogP contribution is -1.92. The molecule has 2 rings (SSSR count). The van der Waals surface area contributed by atoms with Crippen LogP contribution < -0.4 is 0 Å². The molecular formula is C15H13. The van der Waals surface area contributed by atoms with Crippen molar-refractivity contribution in [3.8, 4) is 5.92 Å². The highest BCUT2D eigenvalue weighted by Crippen LogP contribution is 2.23. The predicted octanol–water partition coefficient (Wildman–Crippen LogP) is 3.92. The number of benzene rings is 2. The molecule has 0 aromatic heterocycles. The van der Waals surface area contributed by atoms with Gasteiger partial charge in [-0.1, -0.05) is 49.2 Å². The lowest BCUT2D eigenvalue weighted by atomic mass is 9.95. The zero-order valence-corrected chi connectivity index (χ0v) is 8.83. The Kier molecular flexibility index (Phi) is 2.74. The third kappa shape index (κ3) is 1.87. The van der Waals surface area contributed by atoms with E-state index in [1.54, 1.807) is 0 Å². The van der Waals surface area contributed by atoms with Crippen LogP contribution in [0.15, 0.2) is 42.5 Å². The quantitative estimate of drug-likeness (QED) is 0.634. The van der Waals surface area contributed by atoms with E-state index < -0.39 is 0 Å². The Morgan fingerprint density at radius 2 is 1.87 bits per heavy atom. The fourth-order valence-corrected chi connectivity index (χ4v) is 1.85. The van der Waals surface area contributed by atoms with Crippen molar-refractivity contribution in [2.75, 3.05) is 0 Å². The van der Waals surface area contributed by atoms with E-state index in [1.807, 2.05) is 12.1 Å². The second-order valence-electron chi connectivity index (χ2n) is 3.71.